The molecule has 134 valence electrons. The van der Waals surface area contributed by atoms with Crippen molar-refractivity contribution in [3.05, 3.63) is 41.0 Å². The van der Waals surface area contributed by atoms with Crippen LogP contribution in [0.25, 0.3) is 11.4 Å². The summed E-state index contributed by atoms with van der Waals surface area (Å²) in [5, 5.41) is 7.46. The highest BCUT2D eigenvalue weighted by atomic mass is 32.1. The van der Waals surface area contributed by atoms with Crippen molar-refractivity contribution in [1.82, 2.24) is 25.0 Å². The third kappa shape index (κ3) is 3.78. The summed E-state index contributed by atoms with van der Waals surface area (Å²) in [6, 6.07) is 3.67. The van der Waals surface area contributed by atoms with Crippen LogP contribution in [0.1, 0.15) is 22.9 Å². The fourth-order valence-corrected chi connectivity index (χ4v) is 3.85. The van der Waals surface area contributed by atoms with E-state index in [0.29, 0.717) is 23.3 Å². The van der Waals surface area contributed by atoms with Crippen molar-refractivity contribution < 1.29 is 9.32 Å². The number of amides is 1. The Balaban J connectivity index is 1.33. The molecule has 1 aliphatic rings. The van der Waals surface area contributed by atoms with Gasteiger partial charge in [0.25, 0.3) is 0 Å². The van der Waals surface area contributed by atoms with Gasteiger partial charge in [0.1, 0.15) is 0 Å². The van der Waals surface area contributed by atoms with Crippen LogP contribution >= 0.6 is 11.3 Å². The molecule has 1 amide bonds. The molecule has 0 radical (unpaired) electrons. The van der Waals surface area contributed by atoms with Gasteiger partial charge in [-0.25, -0.2) is 4.98 Å². The van der Waals surface area contributed by atoms with Gasteiger partial charge >= 0.3 is 0 Å². The summed E-state index contributed by atoms with van der Waals surface area (Å²) in [7, 11) is 2.09. The minimum absolute atomic E-state index is 0.106. The van der Waals surface area contributed by atoms with E-state index in [0.717, 1.165) is 30.8 Å². The predicted octanol–water partition coefficient (Wildman–Crippen LogP) is 2.15. The van der Waals surface area contributed by atoms with E-state index < -0.39 is 0 Å². The van der Waals surface area contributed by atoms with E-state index in [4.69, 9.17) is 4.52 Å². The van der Waals surface area contributed by atoms with E-state index in [-0.39, 0.29) is 12.3 Å². The topological polar surface area (TPSA) is 97.0 Å². The summed E-state index contributed by atoms with van der Waals surface area (Å²) >= 11 is 1.55. The Morgan fingerprint density at radius 3 is 3.19 bits per heavy atom. The van der Waals surface area contributed by atoms with Crippen molar-refractivity contribution in [2.75, 3.05) is 18.9 Å². The predicted molar refractivity (Wildman–Crippen MR) is 96.6 cm³/mol. The van der Waals surface area contributed by atoms with Gasteiger partial charge in [0.15, 0.2) is 5.13 Å². The molecule has 4 rings (SSSR count). The van der Waals surface area contributed by atoms with Gasteiger partial charge in [-0.05, 0) is 19.2 Å². The summed E-state index contributed by atoms with van der Waals surface area (Å²) in [5.74, 6) is 0.801. The molecule has 0 unspecified atom stereocenters. The quantitative estimate of drug-likeness (QED) is 0.735. The molecular formula is C17H18N6O2S. The van der Waals surface area contributed by atoms with Gasteiger partial charge in [-0.1, -0.05) is 5.16 Å². The number of likely N-dealkylation sites (N-methyl/N-ethyl adjacent to an activating group) is 1. The lowest BCUT2D eigenvalue weighted by atomic mass is 10.2. The van der Waals surface area contributed by atoms with Crippen LogP contribution in [0.5, 0.6) is 0 Å². The number of aryl methyl sites for hydroxylation is 1. The van der Waals surface area contributed by atoms with Gasteiger partial charge in [-0.3, -0.25) is 9.78 Å². The highest BCUT2D eigenvalue weighted by Crippen LogP contribution is 2.27. The summed E-state index contributed by atoms with van der Waals surface area (Å²) in [6.45, 7) is 1.89. The number of thiazole rings is 1. The number of fused-ring (bicyclic) bond motifs is 1. The lowest BCUT2D eigenvalue weighted by molar-refractivity contribution is -0.116. The average Bonchev–Trinajstić information content (AvgIpc) is 3.27. The highest BCUT2D eigenvalue weighted by molar-refractivity contribution is 7.15. The molecule has 26 heavy (non-hydrogen) atoms. The van der Waals surface area contributed by atoms with Crippen LogP contribution < -0.4 is 5.32 Å². The van der Waals surface area contributed by atoms with Crippen LogP contribution in [0.3, 0.4) is 0 Å². The molecule has 0 saturated heterocycles. The molecule has 0 aromatic carbocycles. The first-order chi connectivity index (χ1) is 12.7. The zero-order chi connectivity index (χ0) is 17.9. The van der Waals surface area contributed by atoms with Crippen molar-refractivity contribution in [2.24, 2.45) is 0 Å². The lowest BCUT2D eigenvalue weighted by Gasteiger charge is -2.20. The molecule has 8 nitrogen and oxygen atoms in total. The Bertz CT molecular complexity index is 907. The number of hydrogen-bond donors (Lipinski definition) is 1. The molecule has 1 aliphatic heterocycles. The van der Waals surface area contributed by atoms with Gasteiger partial charge in [0, 0.05) is 55.2 Å². The normalized spacial score (nSPS) is 14.2. The molecule has 0 fully saturated rings. The summed E-state index contributed by atoms with van der Waals surface area (Å²) in [5.41, 5.74) is 1.88. The first kappa shape index (κ1) is 16.8. The average molecular weight is 370 g/mol. The number of pyridine rings is 1. The van der Waals surface area contributed by atoms with Crippen LogP contribution in [-0.2, 0) is 24.2 Å². The maximum atomic E-state index is 12.2. The first-order valence-corrected chi connectivity index (χ1v) is 9.19. The van der Waals surface area contributed by atoms with Gasteiger partial charge < -0.3 is 14.7 Å². The summed E-state index contributed by atoms with van der Waals surface area (Å²) in [4.78, 5) is 28.5. The van der Waals surface area contributed by atoms with Gasteiger partial charge in [0.05, 0.1) is 5.69 Å². The SMILES string of the molecule is CN1CCc2nc(NC(=O)CCc3nc(-c4cccnc4)no3)sc2C1. The molecule has 0 bridgehead atoms. The molecule has 3 aromatic rings. The minimum Gasteiger partial charge on any atom is -0.339 e. The number of aromatic nitrogens is 4. The number of rotatable bonds is 5. The van der Waals surface area contributed by atoms with E-state index in [1.165, 1.54) is 4.88 Å². The summed E-state index contributed by atoms with van der Waals surface area (Å²) < 4.78 is 5.21. The molecule has 0 aliphatic carbocycles. The molecule has 0 spiro atoms. The Hall–Kier alpha value is -2.65. The second kappa shape index (κ2) is 7.30. The fraction of sp³-hybridized carbons (Fsp3) is 0.353. The third-order valence-corrected chi connectivity index (χ3v) is 5.12. The fourth-order valence-electron chi connectivity index (χ4n) is 2.75. The number of hydrogen-bond acceptors (Lipinski definition) is 8. The maximum Gasteiger partial charge on any atom is 0.227 e. The van der Waals surface area contributed by atoms with Crippen molar-refractivity contribution in [1.29, 1.82) is 0 Å². The van der Waals surface area contributed by atoms with E-state index in [1.807, 2.05) is 12.1 Å². The number of anilines is 1. The van der Waals surface area contributed by atoms with E-state index in [2.05, 4.69) is 37.4 Å². The van der Waals surface area contributed by atoms with Crippen molar-refractivity contribution >= 4 is 22.4 Å². The monoisotopic (exact) mass is 370 g/mol. The second-order valence-corrected chi connectivity index (χ2v) is 7.26. The minimum atomic E-state index is -0.106. The highest BCUT2D eigenvalue weighted by Gasteiger charge is 2.19. The van der Waals surface area contributed by atoms with Crippen molar-refractivity contribution in [3.63, 3.8) is 0 Å². The summed E-state index contributed by atoms with van der Waals surface area (Å²) in [6.07, 6.45) is 4.93. The lowest BCUT2D eigenvalue weighted by Crippen LogP contribution is -2.25. The van der Waals surface area contributed by atoms with Crippen LogP contribution in [0.2, 0.25) is 0 Å². The van der Waals surface area contributed by atoms with E-state index in [1.54, 1.807) is 23.7 Å². The van der Waals surface area contributed by atoms with Crippen LogP contribution in [0.4, 0.5) is 5.13 Å². The van der Waals surface area contributed by atoms with Crippen molar-refractivity contribution in [2.45, 2.75) is 25.8 Å². The maximum absolute atomic E-state index is 12.2. The molecule has 0 saturated carbocycles. The zero-order valence-corrected chi connectivity index (χ0v) is 15.1. The van der Waals surface area contributed by atoms with Crippen LogP contribution in [0, 0.1) is 0 Å². The largest absolute Gasteiger partial charge is 0.339 e. The Labute approximate surface area is 154 Å². The van der Waals surface area contributed by atoms with Gasteiger partial charge in [0.2, 0.25) is 17.6 Å². The van der Waals surface area contributed by atoms with Crippen LogP contribution in [-0.4, -0.2) is 44.5 Å². The Kier molecular flexibility index (Phi) is 4.72. The molecule has 0 atom stereocenters. The standard InChI is InChI=1S/C17H18N6O2S/c1-23-8-6-12-13(10-23)26-17(19-12)20-14(24)4-5-15-21-16(22-25-15)11-3-2-7-18-9-11/h2-3,7,9H,4-6,8,10H2,1H3,(H,19,20,24). The second-order valence-electron chi connectivity index (χ2n) is 6.18. The Morgan fingerprint density at radius 2 is 2.35 bits per heavy atom. The number of nitrogens with zero attached hydrogens (tertiary/aromatic N) is 5. The smallest absolute Gasteiger partial charge is 0.227 e. The number of carbonyl (C=O) groups excluding carboxylic acids is 1. The number of nitrogens with one attached hydrogen (secondary N) is 1. The first-order valence-electron chi connectivity index (χ1n) is 8.37. The van der Waals surface area contributed by atoms with E-state index >= 15 is 0 Å². The Morgan fingerprint density at radius 1 is 1.42 bits per heavy atom. The van der Waals surface area contributed by atoms with Gasteiger partial charge in [-0.2, -0.15) is 4.98 Å². The molecule has 9 heteroatoms. The zero-order valence-electron chi connectivity index (χ0n) is 14.3. The molecule has 1 N–H and O–H groups in total. The number of carbonyl (C=O) groups is 1. The molecule has 4 heterocycles. The van der Waals surface area contributed by atoms with Gasteiger partial charge in [-0.15, -0.1) is 11.3 Å². The third-order valence-electron chi connectivity index (χ3n) is 4.12. The van der Waals surface area contributed by atoms with Crippen molar-refractivity contribution in [3.8, 4) is 11.4 Å². The molecule has 3 aromatic heterocycles. The molecular weight excluding hydrogens is 352 g/mol. The van der Waals surface area contributed by atoms with Crippen LogP contribution in [0.15, 0.2) is 29.0 Å². The van der Waals surface area contributed by atoms with E-state index in [9.17, 15) is 4.79 Å².